The number of carbonyl (C=O) groups excluding carboxylic acids is 1. The van der Waals surface area contributed by atoms with Crippen molar-refractivity contribution in [3.05, 3.63) is 24.1 Å². The highest BCUT2D eigenvalue weighted by Crippen LogP contribution is 2.20. The number of nitrogens with zero attached hydrogens (tertiary/aromatic N) is 1. The van der Waals surface area contributed by atoms with Gasteiger partial charge in [-0.15, -0.1) is 0 Å². The van der Waals surface area contributed by atoms with Crippen molar-refractivity contribution in [2.75, 3.05) is 0 Å². The van der Waals surface area contributed by atoms with Crippen LogP contribution in [0.4, 0.5) is 0 Å². The molecule has 18 heavy (non-hydrogen) atoms. The van der Waals surface area contributed by atoms with Crippen molar-refractivity contribution in [3.8, 4) is 0 Å². The first kappa shape index (κ1) is 12.7. The van der Waals surface area contributed by atoms with E-state index in [9.17, 15) is 4.79 Å². The van der Waals surface area contributed by atoms with Crippen LogP contribution in [0.15, 0.2) is 22.8 Å². The average Bonchev–Trinajstić information content (AvgIpc) is 2.85. The molecule has 0 aromatic carbocycles. The Bertz CT molecular complexity index is 554. The van der Waals surface area contributed by atoms with Crippen molar-refractivity contribution in [2.45, 2.75) is 33.5 Å². The number of ether oxygens (including phenoxy) is 1. The van der Waals surface area contributed by atoms with Crippen LogP contribution in [0, 0.1) is 12.8 Å². The highest BCUT2D eigenvalue weighted by molar-refractivity contribution is 5.77. The fraction of sp³-hybridized carbons (Fsp3) is 0.462. The molecule has 2 aromatic heterocycles. The quantitative estimate of drug-likeness (QED) is 0.843. The first-order chi connectivity index (χ1) is 8.50. The van der Waals surface area contributed by atoms with E-state index in [4.69, 9.17) is 14.9 Å². The van der Waals surface area contributed by atoms with Gasteiger partial charge in [0.25, 0.3) is 0 Å². The van der Waals surface area contributed by atoms with Crippen LogP contribution in [0.5, 0.6) is 0 Å². The van der Waals surface area contributed by atoms with Gasteiger partial charge in [0.05, 0.1) is 11.8 Å². The van der Waals surface area contributed by atoms with Gasteiger partial charge < -0.3 is 19.5 Å². The van der Waals surface area contributed by atoms with Crippen LogP contribution in [-0.4, -0.2) is 16.6 Å². The lowest BCUT2D eigenvalue weighted by atomic mass is 10.1. The lowest BCUT2D eigenvalue weighted by Gasteiger charge is -2.15. The molecule has 0 radical (unpaired) electrons. The molecule has 0 amide bonds. The largest absolute Gasteiger partial charge is 0.463 e. The van der Waals surface area contributed by atoms with E-state index < -0.39 is 6.04 Å². The zero-order chi connectivity index (χ0) is 13.3. The Balaban J connectivity index is 2.08. The number of hydrogen-bond acceptors (Lipinski definition) is 4. The minimum atomic E-state index is -0.583. The Morgan fingerprint density at radius 2 is 2.28 bits per heavy atom. The zero-order valence-electron chi connectivity index (χ0n) is 10.8. The third-order valence-electron chi connectivity index (χ3n) is 3.06. The monoisotopic (exact) mass is 250 g/mol. The molecule has 0 aliphatic heterocycles. The van der Waals surface area contributed by atoms with Crippen molar-refractivity contribution in [2.24, 2.45) is 11.7 Å². The van der Waals surface area contributed by atoms with Gasteiger partial charge in [0.15, 0.2) is 12.3 Å². The SMILES string of the molecule is Cc1cc2occc2n1COC(=O)C(N)C(C)C. The van der Waals surface area contributed by atoms with Crippen molar-refractivity contribution in [1.29, 1.82) is 0 Å². The molecule has 2 aromatic rings. The van der Waals surface area contributed by atoms with E-state index in [0.717, 1.165) is 16.8 Å². The molecule has 0 spiro atoms. The van der Waals surface area contributed by atoms with Gasteiger partial charge in [-0.3, -0.25) is 4.79 Å². The van der Waals surface area contributed by atoms with Crippen LogP contribution >= 0.6 is 0 Å². The molecule has 0 saturated carbocycles. The summed E-state index contributed by atoms with van der Waals surface area (Å²) in [4.78, 5) is 11.7. The summed E-state index contributed by atoms with van der Waals surface area (Å²) in [6.07, 6.45) is 1.61. The van der Waals surface area contributed by atoms with Gasteiger partial charge in [-0.2, -0.15) is 0 Å². The second-order valence-corrected chi connectivity index (χ2v) is 4.75. The van der Waals surface area contributed by atoms with Gasteiger partial charge in [0.1, 0.15) is 6.04 Å². The molecule has 5 nitrogen and oxygen atoms in total. The molecule has 0 aliphatic rings. The summed E-state index contributed by atoms with van der Waals surface area (Å²) in [5.74, 6) is -0.313. The maximum Gasteiger partial charge on any atom is 0.324 e. The summed E-state index contributed by atoms with van der Waals surface area (Å²) < 4.78 is 12.4. The molecule has 0 aliphatic carbocycles. The number of aryl methyl sites for hydroxylation is 1. The molecule has 0 bridgehead atoms. The molecule has 2 rings (SSSR count). The van der Waals surface area contributed by atoms with E-state index >= 15 is 0 Å². The van der Waals surface area contributed by atoms with Crippen LogP contribution in [0.25, 0.3) is 11.1 Å². The van der Waals surface area contributed by atoms with Crippen molar-refractivity contribution >= 4 is 17.1 Å². The minimum Gasteiger partial charge on any atom is -0.463 e. The smallest absolute Gasteiger partial charge is 0.324 e. The normalized spacial score (nSPS) is 13.2. The fourth-order valence-electron chi connectivity index (χ4n) is 1.77. The lowest BCUT2D eigenvalue weighted by molar-refractivity contribution is -0.150. The molecular formula is C13H18N2O3. The Labute approximate surface area is 105 Å². The number of fused-ring (bicyclic) bond motifs is 1. The summed E-state index contributed by atoms with van der Waals surface area (Å²) in [6, 6.07) is 3.17. The fourth-order valence-corrected chi connectivity index (χ4v) is 1.77. The summed E-state index contributed by atoms with van der Waals surface area (Å²) >= 11 is 0. The number of hydrogen-bond donors (Lipinski definition) is 1. The van der Waals surface area contributed by atoms with Gasteiger partial charge in [0.2, 0.25) is 0 Å². The summed E-state index contributed by atoms with van der Waals surface area (Å²) in [5, 5.41) is 0. The van der Waals surface area contributed by atoms with E-state index in [-0.39, 0.29) is 18.6 Å². The van der Waals surface area contributed by atoms with Crippen LogP contribution in [-0.2, 0) is 16.3 Å². The van der Waals surface area contributed by atoms with Crippen LogP contribution in [0.3, 0.4) is 0 Å². The standard InChI is InChI=1S/C13H18N2O3/c1-8(2)12(14)13(16)18-7-15-9(3)6-11-10(15)4-5-17-11/h4-6,8,12H,7,14H2,1-3H3. The minimum absolute atomic E-state index is 0.0669. The van der Waals surface area contributed by atoms with Crippen molar-refractivity contribution in [1.82, 2.24) is 4.57 Å². The number of aromatic nitrogens is 1. The maximum atomic E-state index is 11.7. The van der Waals surface area contributed by atoms with Gasteiger partial charge in [-0.25, -0.2) is 0 Å². The summed E-state index contributed by atoms with van der Waals surface area (Å²) in [7, 11) is 0. The Kier molecular flexibility index (Phi) is 3.43. The number of rotatable bonds is 4. The first-order valence-corrected chi connectivity index (χ1v) is 5.96. The maximum absolute atomic E-state index is 11.7. The molecule has 2 N–H and O–H groups in total. The third kappa shape index (κ3) is 2.26. The summed E-state index contributed by atoms with van der Waals surface area (Å²) in [6.45, 7) is 5.88. The van der Waals surface area contributed by atoms with Crippen LogP contribution in [0.2, 0.25) is 0 Å². The lowest BCUT2D eigenvalue weighted by Crippen LogP contribution is -2.37. The molecule has 0 saturated heterocycles. The number of nitrogens with two attached hydrogens (primary N) is 1. The van der Waals surface area contributed by atoms with Gasteiger partial charge in [-0.05, 0) is 12.8 Å². The van der Waals surface area contributed by atoms with E-state index in [1.165, 1.54) is 0 Å². The van der Waals surface area contributed by atoms with E-state index in [2.05, 4.69) is 0 Å². The Hall–Kier alpha value is -1.75. The molecule has 5 heteroatoms. The molecule has 1 atom stereocenters. The molecular weight excluding hydrogens is 232 g/mol. The number of furan rings is 1. The molecule has 1 unspecified atom stereocenters. The zero-order valence-corrected chi connectivity index (χ0v) is 10.8. The highest BCUT2D eigenvalue weighted by Gasteiger charge is 2.19. The Morgan fingerprint density at radius 1 is 1.56 bits per heavy atom. The summed E-state index contributed by atoms with van der Waals surface area (Å²) in [5.41, 5.74) is 8.41. The first-order valence-electron chi connectivity index (χ1n) is 5.96. The predicted molar refractivity (Wildman–Crippen MR) is 67.8 cm³/mol. The van der Waals surface area contributed by atoms with E-state index in [1.807, 2.05) is 37.5 Å². The van der Waals surface area contributed by atoms with Crippen molar-refractivity contribution in [3.63, 3.8) is 0 Å². The Morgan fingerprint density at radius 3 is 2.94 bits per heavy atom. The number of carbonyl (C=O) groups is 1. The van der Waals surface area contributed by atoms with Gasteiger partial charge in [-0.1, -0.05) is 13.8 Å². The predicted octanol–water partition coefficient (Wildman–Crippen LogP) is 2.03. The van der Waals surface area contributed by atoms with Gasteiger partial charge in [0, 0.05) is 17.8 Å². The number of esters is 1. The van der Waals surface area contributed by atoms with Gasteiger partial charge >= 0.3 is 5.97 Å². The third-order valence-corrected chi connectivity index (χ3v) is 3.06. The van der Waals surface area contributed by atoms with E-state index in [1.54, 1.807) is 6.26 Å². The highest BCUT2D eigenvalue weighted by atomic mass is 16.5. The second-order valence-electron chi connectivity index (χ2n) is 4.75. The topological polar surface area (TPSA) is 70.4 Å². The van der Waals surface area contributed by atoms with Crippen molar-refractivity contribution < 1.29 is 13.9 Å². The molecule has 98 valence electrons. The molecule has 2 heterocycles. The van der Waals surface area contributed by atoms with Crippen LogP contribution < -0.4 is 5.73 Å². The van der Waals surface area contributed by atoms with Crippen LogP contribution in [0.1, 0.15) is 19.5 Å². The second kappa shape index (κ2) is 4.86. The average molecular weight is 250 g/mol. The van der Waals surface area contributed by atoms with E-state index in [0.29, 0.717) is 0 Å². The molecule has 0 fully saturated rings.